The zero-order valence-corrected chi connectivity index (χ0v) is 10.1. The van der Waals surface area contributed by atoms with E-state index in [2.05, 4.69) is 15.9 Å². The number of amides is 1. The molecule has 1 rings (SSSR count). The van der Waals surface area contributed by atoms with Gasteiger partial charge in [-0.25, -0.2) is 0 Å². The summed E-state index contributed by atoms with van der Waals surface area (Å²) in [4.78, 5) is 21.7. The monoisotopic (exact) mass is 309 g/mol. The predicted molar refractivity (Wildman–Crippen MR) is 58.8 cm³/mol. The number of halogens is 4. The lowest BCUT2D eigenvalue weighted by Crippen LogP contribution is -2.29. The molecule has 1 aromatic carbocycles. The Bertz CT molecular complexity index is 471. The summed E-state index contributed by atoms with van der Waals surface area (Å²) in [5.74, 6) is -2.29. The molecule has 0 saturated carbocycles. The third-order valence-corrected chi connectivity index (χ3v) is 2.52. The molecular weight excluding hydrogens is 303 g/mol. The third kappa shape index (κ3) is 3.55. The average Bonchev–Trinajstić information content (AvgIpc) is 2.15. The number of carbonyl (C=O) groups is 2. The quantitative estimate of drug-likeness (QED) is 0.853. The van der Waals surface area contributed by atoms with Gasteiger partial charge in [-0.05, 0) is 41.1 Å². The van der Waals surface area contributed by atoms with Gasteiger partial charge in [0.25, 0.3) is 0 Å². The first-order valence-corrected chi connectivity index (χ1v) is 5.20. The van der Waals surface area contributed by atoms with E-state index in [1.54, 1.807) is 5.32 Å². The smallest absolute Gasteiger partial charge is 0.318 e. The van der Waals surface area contributed by atoms with E-state index in [0.717, 1.165) is 0 Å². The Hall–Kier alpha value is -1.37. The molecule has 0 saturated heterocycles. The van der Waals surface area contributed by atoms with Gasteiger partial charge in [0.1, 0.15) is 0 Å². The van der Waals surface area contributed by atoms with Crippen LogP contribution < -0.4 is 5.32 Å². The maximum Gasteiger partial charge on any atom is 0.471 e. The highest BCUT2D eigenvalue weighted by atomic mass is 79.9. The lowest BCUT2D eigenvalue weighted by Gasteiger charge is -2.09. The Morgan fingerprint density at radius 2 is 1.88 bits per heavy atom. The average molecular weight is 310 g/mol. The van der Waals surface area contributed by atoms with Gasteiger partial charge in [-0.1, -0.05) is 0 Å². The molecule has 1 N–H and O–H groups in total. The van der Waals surface area contributed by atoms with Gasteiger partial charge in [-0.2, -0.15) is 13.2 Å². The fourth-order valence-electron chi connectivity index (χ4n) is 1.08. The molecule has 0 aromatic heterocycles. The van der Waals surface area contributed by atoms with E-state index >= 15 is 0 Å². The van der Waals surface area contributed by atoms with Crippen molar-refractivity contribution in [1.82, 2.24) is 0 Å². The second-order valence-corrected chi connectivity index (χ2v) is 4.06. The molecule has 3 nitrogen and oxygen atoms in total. The summed E-state index contributed by atoms with van der Waals surface area (Å²) in [7, 11) is 0. The number of hydrogen-bond donors (Lipinski definition) is 1. The number of hydrogen-bond acceptors (Lipinski definition) is 2. The predicted octanol–water partition coefficient (Wildman–Crippen LogP) is 3.15. The topological polar surface area (TPSA) is 46.2 Å². The van der Waals surface area contributed by atoms with Gasteiger partial charge in [0, 0.05) is 15.7 Å². The van der Waals surface area contributed by atoms with Crippen LogP contribution in [-0.4, -0.2) is 17.9 Å². The molecule has 1 amide bonds. The Kier molecular flexibility index (Phi) is 3.92. The van der Waals surface area contributed by atoms with Crippen molar-refractivity contribution in [1.29, 1.82) is 0 Å². The van der Waals surface area contributed by atoms with Crippen molar-refractivity contribution in [2.45, 2.75) is 13.1 Å². The largest absolute Gasteiger partial charge is 0.471 e. The second kappa shape index (κ2) is 4.87. The number of benzene rings is 1. The van der Waals surface area contributed by atoms with Crippen molar-refractivity contribution >= 4 is 33.3 Å². The second-order valence-electron chi connectivity index (χ2n) is 3.20. The summed E-state index contributed by atoms with van der Waals surface area (Å²) >= 11 is 3.03. The van der Waals surface area contributed by atoms with Crippen LogP contribution in [0.2, 0.25) is 0 Å². The summed E-state index contributed by atoms with van der Waals surface area (Å²) in [6.45, 7) is 1.33. The van der Waals surface area contributed by atoms with Gasteiger partial charge in [0.2, 0.25) is 0 Å². The maximum absolute atomic E-state index is 12.0. The molecule has 17 heavy (non-hydrogen) atoms. The molecule has 0 radical (unpaired) electrons. The van der Waals surface area contributed by atoms with Crippen LogP contribution in [-0.2, 0) is 4.79 Å². The van der Waals surface area contributed by atoms with Crippen LogP contribution in [0, 0.1) is 0 Å². The molecule has 0 aliphatic rings. The van der Waals surface area contributed by atoms with Gasteiger partial charge in [-0.15, -0.1) is 0 Å². The van der Waals surface area contributed by atoms with Crippen LogP contribution in [0.25, 0.3) is 0 Å². The van der Waals surface area contributed by atoms with E-state index in [0.29, 0.717) is 10.0 Å². The number of carbonyl (C=O) groups excluding carboxylic acids is 2. The van der Waals surface area contributed by atoms with E-state index in [1.807, 2.05) is 0 Å². The van der Waals surface area contributed by atoms with E-state index in [4.69, 9.17) is 0 Å². The zero-order chi connectivity index (χ0) is 13.2. The molecule has 0 atom stereocenters. The molecule has 0 aliphatic carbocycles. The molecule has 0 bridgehead atoms. The zero-order valence-electron chi connectivity index (χ0n) is 8.56. The highest BCUT2D eigenvalue weighted by Gasteiger charge is 2.38. The minimum atomic E-state index is -4.94. The van der Waals surface area contributed by atoms with Crippen LogP contribution in [0.15, 0.2) is 22.7 Å². The lowest BCUT2D eigenvalue weighted by atomic mass is 10.1. The Morgan fingerprint density at radius 1 is 1.29 bits per heavy atom. The van der Waals surface area contributed by atoms with Gasteiger partial charge >= 0.3 is 12.1 Å². The molecule has 92 valence electrons. The fourth-order valence-corrected chi connectivity index (χ4v) is 1.74. The first kappa shape index (κ1) is 13.7. The molecule has 0 spiro atoms. The highest BCUT2D eigenvalue weighted by molar-refractivity contribution is 9.10. The Balaban J connectivity index is 2.92. The van der Waals surface area contributed by atoms with Gasteiger partial charge in [0.15, 0.2) is 5.78 Å². The van der Waals surface area contributed by atoms with Crippen molar-refractivity contribution in [2.24, 2.45) is 0 Å². The van der Waals surface area contributed by atoms with Gasteiger partial charge in [0.05, 0.1) is 0 Å². The molecular formula is C10H7BrF3NO2. The first-order chi connectivity index (χ1) is 7.71. The summed E-state index contributed by atoms with van der Waals surface area (Å²) in [5.41, 5.74) is 0.291. The minimum absolute atomic E-state index is 0.0378. The maximum atomic E-state index is 12.0. The number of Topliss-reactive ketones (excluding diaryl/α,β-unsaturated/α-hetero) is 1. The summed E-state index contributed by atoms with van der Waals surface area (Å²) < 4.78 is 36.2. The van der Waals surface area contributed by atoms with E-state index in [9.17, 15) is 22.8 Å². The first-order valence-electron chi connectivity index (χ1n) is 4.40. The van der Waals surface area contributed by atoms with Crippen molar-refractivity contribution < 1.29 is 22.8 Å². The molecule has 7 heteroatoms. The van der Waals surface area contributed by atoms with Crippen LogP contribution in [0.4, 0.5) is 18.9 Å². The van der Waals surface area contributed by atoms with Gasteiger partial charge < -0.3 is 5.32 Å². The van der Waals surface area contributed by atoms with Crippen molar-refractivity contribution in [3.05, 3.63) is 28.2 Å². The van der Waals surface area contributed by atoms with Crippen LogP contribution in [0.1, 0.15) is 17.3 Å². The number of rotatable bonds is 2. The third-order valence-electron chi connectivity index (χ3n) is 1.86. The van der Waals surface area contributed by atoms with E-state index in [-0.39, 0.29) is 11.5 Å². The molecule has 0 fully saturated rings. The van der Waals surface area contributed by atoms with E-state index < -0.39 is 12.1 Å². The summed E-state index contributed by atoms with van der Waals surface area (Å²) in [5, 5.41) is 1.68. The SMILES string of the molecule is CC(=O)c1ccc(NC(=O)C(F)(F)F)cc1Br. The number of alkyl halides is 3. The van der Waals surface area contributed by atoms with Gasteiger partial charge in [-0.3, -0.25) is 9.59 Å². The molecule has 1 aromatic rings. The van der Waals surface area contributed by atoms with Crippen molar-refractivity contribution in [3.8, 4) is 0 Å². The standard InChI is InChI=1S/C10H7BrF3NO2/c1-5(16)7-3-2-6(4-8(7)11)15-9(17)10(12,13)14/h2-4H,1H3,(H,15,17). The van der Waals surface area contributed by atoms with Crippen LogP contribution in [0.5, 0.6) is 0 Å². The normalized spacial score (nSPS) is 11.1. The highest BCUT2D eigenvalue weighted by Crippen LogP contribution is 2.24. The number of ketones is 1. The lowest BCUT2D eigenvalue weighted by molar-refractivity contribution is -0.167. The minimum Gasteiger partial charge on any atom is -0.318 e. The summed E-state index contributed by atoms with van der Waals surface area (Å²) in [6.07, 6.45) is -4.94. The van der Waals surface area contributed by atoms with Crippen molar-refractivity contribution in [3.63, 3.8) is 0 Å². The molecule has 0 aliphatic heterocycles. The number of anilines is 1. The molecule has 0 heterocycles. The molecule has 0 unspecified atom stereocenters. The summed E-state index contributed by atoms with van der Waals surface area (Å²) in [6, 6.07) is 3.80. The van der Waals surface area contributed by atoms with Crippen molar-refractivity contribution in [2.75, 3.05) is 5.32 Å². The van der Waals surface area contributed by atoms with E-state index in [1.165, 1.54) is 25.1 Å². The fraction of sp³-hybridized carbons (Fsp3) is 0.200. The van der Waals surface area contributed by atoms with Crippen LogP contribution in [0.3, 0.4) is 0 Å². The Morgan fingerprint density at radius 3 is 2.29 bits per heavy atom. The van der Waals surface area contributed by atoms with Crippen LogP contribution >= 0.6 is 15.9 Å². The number of nitrogens with one attached hydrogen (secondary N) is 1. The Labute approximate surface area is 103 Å².